The second-order valence-electron chi connectivity index (χ2n) is 3.44. The first-order chi connectivity index (χ1) is 7.69. The van der Waals surface area contributed by atoms with Crippen LogP contribution in [0, 0.1) is 0 Å². The molecule has 0 saturated carbocycles. The Bertz CT molecular complexity index is 280. The normalized spacial score (nSPS) is 15.2. The Hall–Kier alpha value is -1.25. The van der Waals surface area contributed by atoms with Crippen molar-refractivity contribution in [2.75, 3.05) is 20.2 Å². The van der Waals surface area contributed by atoms with Crippen molar-refractivity contribution in [1.29, 1.82) is 0 Å². The molecule has 92 valence electrons. The van der Waals surface area contributed by atoms with Gasteiger partial charge in [-0.3, -0.25) is 4.90 Å². The van der Waals surface area contributed by atoms with E-state index in [4.69, 9.17) is 0 Å². The van der Waals surface area contributed by atoms with Gasteiger partial charge in [0.1, 0.15) is 0 Å². The minimum atomic E-state index is -0.246. The van der Waals surface area contributed by atoms with Crippen molar-refractivity contribution >= 4 is 6.09 Å². The molecular weight excluding hydrogens is 202 g/mol. The predicted molar refractivity (Wildman–Crippen MR) is 67.5 cm³/mol. The van der Waals surface area contributed by atoms with Crippen molar-refractivity contribution in [1.82, 2.24) is 4.90 Å². The maximum atomic E-state index is 11.2. The summed E-state index contributed by atoms with van der Waals surface area (Å²) in [7, 11) is 1.41. The standard InChI is InChI=1S/C11H17NO2.C2H6/c1-4-5-6-10-8-12(7-9(10)2)11(13)14-3;1-2/h5-6H,4,7-8H2,1-3H3;1-2H3/b6-5-;. The lowest BCUT2D eigenvalue weighted by Gasteiger charge is -2.13. The number of allylic oxidation sites excluding steroid dienone is 1. The summed E-state index contributed by atoms with van der Waals surface area (Å²) in [6.07, 6.45) is 4.98. The first-order valence-corrected chi connectivity index (χ1v) is 5.87. The molecule has 1 heterocycles. The molecule has 0 aromatic rings. The van der Waals surface area contributed by atoms with E-state index in [1.807, 2.05) is 13.8 Å². The second kappa shape index (κ2) is 7.97. The van der Waals surface area contributed by atoms with Crippen LogP contribution in [0.3, 0.4) is 0 Å². The van der Waals surface area contributed by atoms with Gasteiger partial charge in [-0.15, -0.1) is 0 Å². The minimum Gasteiger partial charge on any atom is -0.453 e. The van der Waals surface area contributed by atoms with Crippen LogP contribution in [0.25, 0.3) is 0 Å². The SMILES string of the molecule is CC.CC/C=C\C1=C(C)CN(C(=O)OC)C1. The van der Waals surface area contributed by atoms with Crippen molar-refractivity contribution < 1.29 is 9.53 Å². The topological polar surface area (TPSA) is 29.5 Å². The van der Waals surface area contributed by atoms with E-state index in [9.17, 15) is 4.79 Å². The molecule has 0 N–H and O–H groups in total. The lowest BCUT2D eigenvalue weighted by molar-refractivity contribution is 0.134. The lowest BCUT2D eigenvalue weighted by atomic mass is 10.1. The molecule has 0 atom stereocenters. The van der Waals surface area contributed by atoms with Crippen LogP contribution in [0.2, 0.25) is 0 Å². The molecular formula is C13H23NO2. The Labute approximate surface area is 98.8 Å². The Morgan fingerprint density at radius 2 is 2.06 bits per heavy atom. The molecule has 1 amide bonds. The highest BCUT2D eigenvalue weighted by atomic mass is 16.5. The van der Waals surface area contributed by atoms with E-state index in [-0.39, 0.29) is 6.09 Å². The maximum absolute atomic E-state index is 11.2. The fourth-order valence-corrected chi connectivity index (χ4v) is 1.50. The van der Waals surface area contributed by atoms with Crippen LogP contribution < -0.4 is 0 Å². The highest BCUT2D eigenvalue weighted by Crippen LogP contribution is 2.18. The molecule has 16 heavy (non-hydrogen) atoms. The summed E-state index contributed by atoms with van der Waals surface area (Å²) in [6, 6.07) is 0. The zero-order valence-corrected chi connectivity index (χ0v) is 11.0. The third kappa shape index (κ3) is 4.09. The molecule has 0 aromatic heterocycles. The zero-order chi connectivity index (χ0) is 12.6. The van der Waals surface area contributed by atoms with Crippen LogP contribution in [0.5, 0.6) is 0 Å². The molecule has 1 aliphatic heterocycles. The van der Waals surface area contributed by atoms with E-state index >= 15 is 0 Å². The molecule has 0 bridgehead atoms. The fourth-order valence-electron chi connectivity index (χ4n) is 1.50. The van der Waals surface area contributed by atoms with Gasteiger partial charge in [0.25, 0.3) is 0 Å². The van der Waals surface area contributed by atoms with Gasteiger partial charge >= 0.3 is 6.09 Å². The van der Waals surface area contributed by atoms with Gasteiger partial charge in [0, 0.05) is 13.1 Å². The molecule has 0 saturated heterocycles. The largest absolute Gasteiger partial charge is 0.453 e. The van der Waals surface area contributed by atoms with Crippen molar-refractivity contribution in [2.45, 2.75) is 34.1 Å². The molecule has 0 spiro atoms. The van der Waals surface area contributed by atoms with E-state index in [2.05, 4.69) is 30.7 Å². The number of hydrogen-bond donors (Lipinski definition) is 0. The van der Waals surface area contributed by atoms with Gasteiger partial charge in [-0.2, -0.15) is 0 Å². The van der Waals surface area contributed by atoms with E-state index in [1.54, 1.807) is 4.90 Å². The van der Waals surface area contributed by atoms with Crippen molar-refractivity contribution in [3.63, 3.8) is 0 Å². The van der Waals surface area contributed by atoms with Crippen LogP contribution in [0.1, 0.15) is 34.1 Å². The maximum Gasteiger partial charge on any atom is 0.410 e. The number of methoxy groups -OCH3 is 1. The van der Waals surface area contributed by atoms with Crippen LogP contribution in [0.4, 0.5) is 4.79 Å². The van der Waals surface area contributed by atoms with Crippen LogP contribution in [-0.2, 0) is 4.74 Å². The van der Waals surface area contributed by atoms with E-state index < -0.39 is 0 Å². The number of nitrogens with zero attached hydrogens (tertiary/aromatic N) is 1. The number of rotatable bonds is 2. The monoisotopic (exact) mass is 225 g/mol. The fraction of sp³-hybridized carbons (Fsp3) is 0.615. The van der Waals surface area contributed by atoms with Crippen LogP contribution in [-0.4, -0.2) is 31.2 Å². The zero-order valence-electron chi connectivity index (χ0n) is 11.0. The molecule has 3 nitrogen and oxygen atoms in total. The Balaban J connectivity index is 0.00000106. The summed E-state index contributed by atoms with van der Waals surface area (Å²) < 4.78 is 4.67. The van der Waals surface area contributed by atoms with Gasteiger partial charge in [-0.05, 0) is 24.5 Å². The highest BCUT2D eigenvalue weighted by molar-refractivity contribution is 5.69. The summed E-state index contributed by atoms with van der Waals surface area (Å²) >= 11 is 0. The van der Waals surface area contributed by atoms with Gasteiger partial charge in [-0.25, -0.2) is 4.79 Å². The molecule has 0 unspecified atom stereocenters. The summed E-state index contributed by atoms with van der Waals surface area (Å²) in [5, 5.41) is 0. The number of carbonyl (C=O) groups is 1. The molecule has 1 aliphatic rings. The number of amides is 1. The molecule has 0 aromatic carbocycles. The molecule has 1 rings (SSSR count). The first-order valence-electron chi connectivity index (χ1n) is 5.87. The Morgan fingerprint density at radius 1 is 1.44 bits per heavy atom. The van der Waals surface area contributed by atoms with Crippen molar-refractivity contribution in [3.05, 3.63) is 23.3 Å². The molecule has 0 aliphatic carbocycles. The van der Waals surface area contributed by atoms with Gasteiger partial charge in [0.15, 0.2) is 0 Å². The summed E-state index contributed by atoms with van der Waals surface area (Å²) in [4.78, 5) is 12.9. The number of carbonyl (C=O) groups excluding carboxylic acids is 1. The Kier molecular flexibility index (Phi) is 7.34. The van der Waals surface area contributed by atoms with E-state index in [1.165, 1.54) is 18.3 Å². The van der Waals surface area contributed by atoms with Gasteiger partial charge in [0.2, 0.25) is 0 Å². The summed E-state index contributed by atoms with van der Waals surface area (Å²) in [5.41, 5.74) is 2.48. The Morgan fingerprint density at radius 3 is 2.56 bits per heavy atom. The van der Waals surface area contributed by atoms with E-state index in [0.29, 0.717) is 13.1 Å². The number of hydrogen-bond acceptors (Lipinski definition) is 2. The van der Waals surface area contributed by atoms with Crippen molar-refractivity contribution in [3.8, 4) is 0 Å². The third-order valence-corrected chi connectivity index (χ3v) is 2.32. The van der Waals surface area contributed by atoms with Crippen LogP contribution in [0.15, 0.2) is 23.3 Å². The van der Waals surface area contributed by atoms with Gasteiger partial charge in [-0.1, -0.05) is 32.9 Å². The quantitative estimate of drug-likeness (QED) is 0.721. The average Bonchev–Trinajstić information content (AvgIpc) is 2.69. The smallest absolute Gasteiger partial charge is 0.410 e. The van der Waals surface area contributed by atoms with Crippen LogP contribution >= 0.6 is 0 Å². The van der Waals surface area contributed by atoms with Crippen molar-refractivity contribution in [2.24, 2.45) is 0 Å². The lowest BCUT2D eigenvalue weighted by Crippen LogP contribution is -2.28. The second-order valence-corrected chi connectivity index (χ2v) is 3.44. The highest BCUT2D eigenvalue weighted by Gasteiger charge is 2.22. The molecule has 3 heteroatoms. The minimum absolute atomic E-state index is 0.246. The van der Waals surface area contributed by atoms with Gasteiger partial charge < -0.3 is 4.74 Å². The number of ether oxygens (including phenoxy) is 1. The summed E-state index contributed by atoms with van der Waals surface area (Å²) in [6.45, 7) is 9.52. The first kappa shape index (κ1) is 14.8. The van der Waals surface area contributed by atoms with E-state index in [0.717, 1.165) is 6.42 Å². The summed E-state index contributed by atoms with van der Waals surface area (Å²) in [5.74, 6) is 0. The molecule has 0 radical (unpaired) electrons. The molecule has 0 fully saturated rings. The average molecular weight is 225 g/mol. The predicted octanol–water partition coefficient (Wildman–Crippen LogP) is 3.38. The van der Waals surface area contributed by atoms with Gasteiger partial charge in [0.05, 0.1) is 7.11 Å². The third-order valence-electron chi connectivity index (χ3n) is 2.32.